The third kappa shape index (κ3) is 4.36. The van der Waals surface area contributed by atoms with Crippen molar-refractivity contribution in [2.75, 3.05) is 13.2 Å². The maximum atomic E-state index is 11.7. The van der Waals surface area contributed by atoms with E-state index in [1.807, 2.05) is 0 Å². The van der Waals surface area contributed by atoms with Crippen molar-refractivity contribution < 1.29 is 19.2 Å². The summed E-state index contributed by atoms with van der Waals surface area (Å²) < 4.78 is 4.71. The SMILES string of the molecule is C=CCNC(=O)COC(=O)c1cc([N+](=O)[O-])ccc1Cl. The van der Waals surface area contributed by atoms with Crippen molar-refractivity contribution in [2.24, 2.45) is 0 Å². The fraction of sp³-hybridized carbons (Fsp3) is 0.167. The third-order valence-electron chi connectivity index (χ3n) is 2.16. The number of nitro groups is 1. The molecule has 0 spiro atoms. The van der Waals surface area contributed by atoms with Gasteiger partial charge in [-0.1, -0.05) is 17.7 Å². The number of amides is 1. The minimum atomic E-state index is -0.910. The van der Waals surface area contributed by atoms with Gasteiger partial charge in [0.1, 0.15) is 0 Å². The molecule has 7 nitrogen and oxygen atoms in total. The summed E-state index contributed by atoms with van der Waals surface area (Å²) in [5.74, 6) is -1.42. The first-order chi connectivity index (χ1) is 9.45. The van der Waals surface area contributed by atoms with Crippen LogP contribution >= 0.6 is 11.6 Å². The van der Waals surface area contributed by atoms with Crippen LogP contribution in [0.15, 0.2) is 30.9 Å². The van der Waals surface area contributed by atoms with E-state index in [9.17, 15) is 19.7 Å². The molecule has 0 bridgehead atoms. The Hall–Kier alpha value is -2.41. The molecule has 1 amide bonds. The molecule has 0 fully saturated rings. The summed E-state index contributed by atoms with van der Waals surface area (Å²) in [4.78, 5) is 32.9. The third-order valence-corrected chi connectivity index (χ3v) is 2.49. The van der Waals surface area contributed by atoms with E-state index in [4.69, 9.17) is 16.3 Å². The number of carbonyl (C=O) groups excluding carboxylic acids is 2. The van der Waals surface area contributed by atoms with Gasteiger partial charge in [-0.2, -0.15) is 0 Å². The van der Waals surface area contributed by atoms with Gasteiger partial charge in [0.25, 0.3) is 11.6 Å². The Balaban J connectivity index is 2.72. The number of non-ortho nitro benzene ring substituents is 1. The number of carbonyl (C=O) groups is 2. The van der Waals surface area contributed by atoms with Gasteiger partial charge in [-0.05, 0) is 6.07 Å². The number of hydrogen-bond donors (Lipinski definition) is 1. The van der Waals surface area contributed by atoms with Crippen molar-refractivity contribution in [2.45, 2.75) is 0 Å². The van der Waals surface area contributed by atoms with Crippen molar-refractivity contribution >= 4 is 29.2 Å². The molecular formula is C12H11ClN2O5. The molecule has 0 saturated carbocycles. The predicted octanol–water partition coefficient (Wildman–Crippen LogP) is 1.71. The van der Waals surface area contributed by atoms with Crippen LogP contribution in [-0.2, 0) is 9.53 Å². The van der Waals surface area contributed by atoms with Crippen LogP contribution in [0.25, 0.3) is 0 Å². The molecule has 0 aromatic heterocycles. The highest BCUT2D eigenvalue weighted by molar-refractivity contribution is 6.33. The van der Waals surface area contributed by atoms with Crippen LogP contribution in [0.3, 0.4) is 0 Å². The first-order valence-corrected chi connectivity index (χ1v) is 5.82. The molecule has 106 valence electrons. The highest BCUT2D eigenvalue weighted by Gasteiger charge is 2.17. The number of rotatable bonds is 6. The number of benzene rings is 1. The molecule has 1 aromatic rings. The summed E-state index contributed by atoms with van der Waals surface area (Å²) in [5, 5.41) is 13.0. The van der Waals surface area contributed by atoms with Crippen molar-refractivity contribution in [1.29, 1.82) is 0 Å². The Morgan fingerprint density at radius 1 is 1.50 bits per heavy atom. The Kier molecular flexibility index (Phi) is 5.67. The quantitative estimate of drug-likeness (QED) is 0.373. The van der Waals surface area contributed by atoms with Gasteiger partial charge in [0.05, 0.1) is 15.5 Å². The molecule has 0 radical (unpaired) electrons. The van der Waals surface area contributed by atoms with E-state index >= 15 is 0 Å². The lowest BCUT2D eigenvalue weighted by Crippen LogP contribution is -2.28. The van der Waals surface area contributed by atoms with E-state index in [1.54, 1.807) is 0 Å². The lowest BCUT2D eigenvalue weighted by molar-refractivity contribution is -0.384. The maximum Gasteiger partial charge on any atom is 0.340 e. The van der Waals surface area contributed by atoms with Gasteiger partial charge in [-0.3, -0.25) is 14.9 Å². The molecule has 1 N–H and O–H groups in total. The fourth-order valence-electron chi connectivity index (χ4n) is 1.23. The Morgan fingerprint density at radius 2 is 2.20 bits per heavy atom. The number of nitro benzene ring substituents is 1. The molecule has 0 aliphatic rings. The molecule has 0 atom stereocenters. The summed E-state index contributed by atoms with van der Waals surface area (Å²) in [7, 11) is 0. The van der Waals surface area contributed by atoms with Gasteiger partial charge in [-0.25, -0.2) is 4.79 Å². The number of halogens is 1. The van der Waals surface area contributed by atoms with Crippen LogP contribution in [0.2, 0.25) is 5.02 Å². The van der Waals surface area contributed by atoms with Gasteiger partial charge in [0, 0.05) is 18.7 Å². The summed E-state index contributed by atoms with van der Waals surface area (Å²) in [6, 6.07) is 3.37. The monoisotopic (exact) mass is 298 g/mol. The van der Waals surface area contributed by atoms with E-state index in [0.717, 1.165) is 12.1 Å². The van der Waals surface area contributed by atoms with Gasteiger partial charge in [0.15, 0.2) is 6.61 Å². The van der Waals surface area contributed by atoms with E-state index in [0.29, 0.717) is 0 Å². The van der Waals surface area contributed by atoms with Crippen molar-refractivity contribution in [1.82, 2.24) is 5.32 Å². The van der Waals surface area contributed by atoms with Crippen molar-refractivity contribution in [3.8, 4) is 0 Å². The zero-order valence-corrected chi connectivity index (χ0v) is 11.1. The van der Waals surface area contributed by atoms with Gasteiger partial charge in [-0.15, -0.1) is 6.58 Å². The molecule has 0 unspecified atom stereocenters. The first-order valence-electron chi connectivity index (χ1n) is 5.44. The summed E-state index contributed by atoms with van der Waals surface area (Å²) >= 11 is 5.76. The van der Waals surface area contributed by atoms with Crippen LogP contribution < -0.4 is 5.32 Å². The van der Waals surface area contributed by atoms with Crippen LogP contribution in [0.4, 0.5) is 5.69 Å². The molecule has 8 heteroatoms. The molecule has 20 heavy (non-hydrogen) atoms. The standard InChI is InChI=1S/C12H11ClN2O5/c1-2-5-14-11(16)7-20-12(17)9-6-8(15(18)19)3-4-10(9)13/h2-4,6H,1,5,7H2,(H,14,16). The van der Waals surface area contributed by atoms with Crippen LogP contribution in [-0.4, -0.2) is 30.0 Å². The van der Waals surface area contributed by atoms with Gasteiger partial charge >= 0.3 is 5.97 Å². The normalized spacial score (nSPS) is 9.65. The second-order valence-electron chi connectivity index (χ2n) is 3.59. The fourth-order valence-corrected chi connectivity index (χ4v) is 1.42. The van der Waals surface area contributed by atoms with E-state index in [-0.39, 0.29) is 22.8 Å². The van der Waals surface area contributed by atoms with Crippen LogP contribution in [0.5, 0.6) is 0 Å². The second kappa shape index (κ2) is 7.25. The Morgan fingerprint density at radius 3 is 2.80 bits per heavy atom. The molecule has 1 rings (SSSR count). The van der Waals surface area contributed by atoms with E-state index in [2.05, 4.69) is 11.9 Å². The maximum absolute atomic E-state index is 11.7. The molecule has 0 heterocycles. The summed E-state index contributed by atoms with van der Waals surface area (Å²) in [6.45, 7) is 3.15. The lowest BCUT2D eigenvalue weighted by atomic mass is 10.2. The Bertz CT molecular complexity index is 559. The number of esters is 1. The van der Waals surface area contributed by atoms with E-state index < -0.39 is 23.4 Å². The predicted molar refractivity (Wildman–Crippen MR) is 71.6 cm³/mol. The average Bonchev–Trinajstić information content (AvgIpc) is 2.42. The zero-order valence-electron chi connectivity index (χ0n) is 10.3. The topological polar surface area (TPSA) is 98.5 Å². The second-order valence-corrected chi connectivity index (χ2v) is 4.00. The lowest BCUT2D eigenvalue weighted by Gasteiger charge is -2.06. The first kappa shape index (κ1) is 15.6. The van der Waals surface area contributed by atoms with Crippen molar-refractivity contribution in [3.05, 3.63) is 51.6 Å². The smallest absolute Gasteiger partial charge is 0.340 e. The number of hydrogen-bond acceptors (Lipinski definition) is 5. The number of nitrogens with one attached hydrogen (secondary N) is 1. The minimum absolute atomic E-state index is 0.00657. The zero-order chi connectivity index (χ0) is 15.1. The van der Waals surface area contributed by atoms with Crippen LogP contribution in [0.1, 0.15) is 10.4 Å². The van der Waals surface area contributed by atoms with Crippen LogP contribution in [0, 0.1) is 10.1 Å². The van der Waals surface area contributed by atoms with Gasteiger partial charge < -0.3 is 10.1 Å². The summed E-state index contributed by atoms with van der Waals surface area (Å²) in [5.41, 5.74) is -0.463. The largest absolute Gasteiger partial charge is 0.452 e. The van der Waals surface area contributed by atoms with E-state index in [1.165, 1.54) is 12.1 Å². The molecular weight excluding hydrogens is 288 g/mol. The van der Waals surface area contributed by atoms with Gasteiger partial charge in [0.2, 0.25) is 0 Å². The highest BCUT2D eigenvalue weighted by Crippen LogP contribution is 2.22. The molecule has 0 aliphatic heterocycles. The number of nitrogens with zero attached hydrogens (tertiary/aromatic N) is 1. The Labute approximate surface area is 119 Å². The average molecular weight is 299 g/mol. The molecule has 1 aromatic carbocycles. The summed E-state index contributed by atoms with van der Waals surface area (Å²) in [6.07, 6.45) is 1.47. The minimum Gasteiger partial charge on any atom is -0.452 e. The number of ether oxygens (including phenoxy) is 1. The van der Waals surface area contributed by atoms with Crippen molar-refractivity contribution in [3.63, 3.8) is 0 Å². The molecule has 0 saturated heterocycles. The highest BCUT2D eigenvalue weighted by atomic mass is 35.5. The molecule has 0 aliphatic carbocycles.